The van der Waals surface area contributed by atoms with Gasteiger partial charge in [0.15, 0.2) is 6.23 Å². The summed E-state index contributed by atoms with van der Waals surface area (Å²) in [6.07, 6.45) is 2.18. The minimum Gasteiger partial charge on any atom is -0.475 e. The van der Waals surface area contributed by atoms with E-state index in [1.165, 1.54) is 0 Å². The standard InChI is InChI=1S/C17H23N3O2.2ClH/c1-2-3-17(20-10-8-18-9-11-20)22-14-6-4-13-5-7-16(21)19-15(13)12-14;;/h4-7,12,17-18H,2-3,8-11H2,1H3,(H,19,21);2*1H. The SMILES string of the molecule is CCCC(Oc1ccc2ccc(=O)[nH]c2c1)N1CCNCC1.Cl.Cl. The second kappa shape index (κ2) is 9.89. The zero-order valence-electron chi connectivity index (χ0n) is 13.8. The molecule has 134 valence electrons. The topological polar surface area (TPSA) is 57.4 Å². The van der Waals surface area contributed by atoms with E-state index >= 15 is 0 Å². The molecule has 3 rings (SSSR count). The fourth-order valence-electron chi connectivity index (χ4n) is 2.89. The number of benzene rings is 1. The summed E-state index contributed by atoms with van der Waals surface area (Å²) in [6.45, 7) is 6.21. The van der Waals surface area contributed by atoms with Gasteiger partial charge in [0.1, 0.15) is 5.75 Å². The number of aromatic nitrogens is 1. The van der Waals surface area contributed by atoms with E-state index in [0.717, 1.165) is 55.7 Å². The van der Waals surface area contributed by atoms with Gasteiger partial charge < -0.3 is 15.0 Å². The zero-order valence-corrected chi connectivity index (χ0v) is 15.4. The van der Waals surface area contributed by atoms with Crippen LogP contribution in [0.15, 0.2) is 35.1 Å². The van der Waals surface area contributed by atoms with Gasteiger partial charge in [-0.25, -0.2) is 0 Å². The molecule has 1 unspecified atom stereocenters. The average molecular weight is 374 g/mol. The number of pyridine rings is 1. The molecule has 0 aliphatic carbocycles. The van der Waals surface area contributed by atoms with Gasteiger partial charge in [-0.15, -0.1) is 24.8 Å². The largest absolute Gasteiger partial charge is 0.475 e. The van der Waals surface area contributed by atoms with Gasteiger partial charge in [-0.05, 0) is 30.0 Å². The Labute approximate surface area is 154 Å². The Bertz CT molecular complexity index is 687. The summed E-state index contributed by atoms with van der Waals surface area (Å²) >= 11 is 0. The Balaban J connectivity index is 0.00000144. The summed E-state index contributed by atoms with van der Waals surface area (Å²) in [4.78, 5) is 16.7. The van der Waals surface area contributed by atoms with Gasteiger partial charge in [0.25, 0.3) is 0 Å². The fraction of sp³-hybridized carbons (Fsp3) is 0.471. The van der Waals surface area contributed by atoms with E-state index in [2.05, 4.69) is 22.1 Å². The Morgan fingerprint density at radius 3 is 2.58 bits per heavy atom. The fourth-order valence-corrected chi connectivity index (χ4v) is 2.89. The Hall–Kier alpha value is -1.27. The number of hydrogen-bond acceptors (Lipinski definition) is 4. The molecule has 5 nitrogen and oxygen atoms in total. The first-order valence-corrected chi connectivity index (χ1v) is 8.01. The highest BCUT2D eigenvalue weighted by atomic mass is 35.5. The van der Waals surface area contributed by atoms with Crippen LogP contribution < -0.4 is 15.6 Å². The molecule has 0 saturated carbocycles. The van der Waals surface area contributed by atoms with Gasteiger partial charge in [0.05, 0.1) is 5.52 Å². The highest BCUT2D eigenvalue weighted by Gasteiger charge is 2.21. The summed E-state index contributed by atoms with van der Waals surface area (Å²) in [5.41, 5.74) is 0.734. The van der Waals surface area contributed by atoms with E-state index in [1.54, 1.807) is 6.07 Å². The number of halogens is 2. The molecule has 0 radical (unpaired) electrons. The lowest BCUT2D eigenvalue weighted by molar-refractivity contribution is 0.0106. The first-order chi connectivity index (χ1) is 10.8. The van der Waals surface area contributed by atoms with Crippen molar-refractivity contribution in [3.8, 4) is 5.75 Å². The van der Waals surface area contributed by atoms with Crippen molar-refractivity contribution < 1.29 is 4.74 Å². The maximum atomic E-state index is 11.5. The Kier molecular flexibility index (Phi) is 8.56. The number of rotatable bonds is 5. The van der Waals surface area contributed by atoms with E-state index in [4.69, 9.17) is 4.74 Å². The molecule has 0 amide bonds. The molecule has 1 aliphatic heterocycles. The normalized spacial score (nSPS) is 16.0. The lowest BCUT2D eigenvalue weighted by atomic mass is 10.2. The number of nitrogens with one attached hydrogen (secondary N) is 2. The van der Waals surface area contributed by atoms with Gasteiger partial charge in [-0.3, -0.25) is 9.69 Å². The molecule has 7 heteroatoms. The molecule has 1 aromatic carbocycles. The first-order valence-electron chi connectivity index (χ1n) is 8.01. The zero-order chi connectivity index (χ0) is 15.4. The second-order valence-corrected chi connectivity index (χ2v) is 5.72. The van der Waals surface area contributed by atoms with Crippen molar-refractivity contribution in [1.29, 1.82) is 0 Å². The van der Waals surface area contributed by atoms with Gasteiger partial charge in [-0.2, -0.15) is 0 Å². The van der Waals surface area contributed by atoms with Crippen LogP contribution in [0.3, 0.4) is 0 Å². The number of hydrogen-bond donors (Lipinski definition) is 2. The monoisotopic (exact) mass is 373 g/mol. The van der Waals surface area contributed by atoms with Crippen LogP contribution in [0.5, 0.6) is 5.75 Å². The average Bonchev–Trinajstić information content (AvgIpc) is 2.55. The molecule has 2 heterocycles. The minimum atomic E-state index is -0.0862. The molecular formula is C17H25Cl2N3O2. The van der Waals surface area contributed by atoms with Crippen molar-refractivity contribution in [2.24, 2.45) is 0 Å². The predicted octanol–water partition coefficient (Wildman–Crippen LogP) is 2.78. The quantitative estimate of drug-likeness (QED) is 0.845. The third-order valence-corrected chi connectivity index (χ3v) is 4.06. The van der Waals surface area contributed by atoms with Crippen molar-refractivity contribution in [2.45, 2.75) is 26.0 Å². The lowest BCUT2D eigenvalue weighted by Crippen LogP contribution is -2.50. The summed E-state index contributed by atoms with van der Waals surface area (Å²) < 4.78 is 6.22. The van der Waals surface area contributed by atoms with Crippen LogP contribution in [0.1, 0.15) is 19.8 Å². The smallest absolute Gasteiger partial charge is 0.248 e. The number of fused-ring (bicyclic) bond motifs is 1. The molecule has 1 aromatic heterocycles. The lowest BCUT2D eigenvalue weighted by Gasteiger charge is -2.34. The molecule has 0 spiro atoms. The highest BCUT2D eigenvalue weighted by molar-refractivity contribution is 5.85. The third-order valence-electron chi connectivity index (χ3n) is 4.06. The van der Waals surface area contributed by atoms with E-state index < -0.39 is 0 Å². The number of piperazine rings is 1. The molecule has 1 atom stereocenters. The molecule has 1 saturated heterocycles. The number of ether oxygens (including phenoxy) is 1. The Morgan fingerprint density at radius 2 is 1.88 bits per heavy atom. The van der Waals surface area contributed by atoms with Crippen molar-refractivity contribution in [1.82, 2.24) is 15.2 Å². The van der Waals surface area contributed by atoms with Crippen LogP contribution in [-0.2, 0) is 0 Å². The number of nitrogens with zero attached hydrogens (tertiary/aromatic N) is 1. The molecule has 1 aliphatic rings. The van der Waals surface area contributed by atoms with Crippen molar-refractivity contribution in [2.75, 3.05) is 26.2 Å². The van der Waals surface area contributed by atoms with E-state index in [-0.39, 0.29) is 36.6 Å². The third kappa shape index (κ3) is 5.11. The van der Waals surface area contributed by atoms with Crippen molar-refractivity contribution in [3.05, 3.63) is 40.7 Å². The number of H-pyrrole nitrogens is 1. The Morgan fingerprint density at radius 1 is 1.17 bits per heavy atom. The van der Waals surface area contributed by atoms with Crippen LogP contribution in [0.4, 0.5) is 0 Å². The van der Waals surface area contributed by atoms with Crippen LogP contribution >= 0.6 is 24.8 Å². The number of aromatic amines is 1. The van der Waals surface area contributed by atoms with E-state index in [0.29, 0.717) is 0 Å². The summed E-state index contributed by atoms with van der Waals surface area (Å²) in [5, 5.41) is 4.38. The van der Waals surface area contributed by atoms with Crippen LogP contribution in [0.2, 0.25) is 0 Å². The van der Waals surface area contributed by atoms with Crippen molar-refractivity contribution in [3.63, 3.8) is 0 Å². The van der Waals surface area contributed by atoms with Crippen LogP contribution in [0.25, 0.3) is 10.9 Å². The maximum Gasteiger partial charge on any atom is 0.248 e. The predicted molar refractivity (Wildman–Crippen MR) is 103 cm³/mol. The van der Waals surface area contributed by atoms with Crippen LogP contribution in [-0.4, -0.2) is 42.3 Å². The molecule has 2 aromatic rings. The minimum absolute atomic E-state index is 0. The second-order valence-electron chi connectivity index (χ2n) is 5.72. The summed E-state index contributed by atoms with van der Waals surface area (Å²) in [7, 11) is 0. The van der Waals surface area contributed by atoms with Gasteiger partial charge in [-0.1, -0.05) is 13.3 Å². The maximum absolute atomic E-state index is 11.5. The molecule has 24 heavy (non-hydrogen) atoms. The molecule has 1 fully saturated rings. The first kappa shape index (κ1) is 20.8. The van der Waals surface area contributed by atoms with E-state index in [9.17, 15) is 4.79 Å². The van der Waals surface area contributed by atoms with Gasteiger partial charge in [0, 0.05) is 38.3 Å². The summed E-state index contributed by atoms with van der Waals surface area (Å²) in [5.74, 6) is 0.811. The summed E-state index contributed by atoms with van der Waals surface area (Å²) in [6, 6.07) is 9.26. The van der Waals surface area contributed by atoms with Gasteiger partial charge in [0.2, 0.25) is 5.56 Å². The van der Waals surface area contributed by atoms with Crippen molar-refractivity contribution >= 4 is 35.7 Å². The highest BCUT2D eigenvalue weighted by Crippen LogP contribution is 2.21. The molecular weight excluding hydrogens is 349 g/mol. The van der Waals surface area contributed by atoms with E-state index in [1.807, 2.05) is 24.3 Å². The molecule has 0 bridgehead atoms. The van der Waals surface area contributed by atoms with Gasteiger partial charge >= 0.3 is 0 Å². The molecule has 2 N–H and O–H groups in total. The van der Waals surface area contributed by atoms with Crippen LogP contribution in [0, 0.1) is 0 Å².